The number of ether oxygens (including phenoxy) is 1. The van der Waals surface area contributed by atoms with Crippen molar-refractivity contribution in [2.24, 2.45) is 0 Å². The summed E-state index contributed by atoms with van der Waals surface area (Å²) in [7, 11) is 1.63. The lowest BCUT2D eigenvalue weighted by Gasteiger charge is -2.30. The van der Waals surface area contributed by atoms with Crippen LogP contribution in [0.5, 0.6) is 11.5 Å². The first kappa shape index (κ1) is 16.1. The van der Waals surface area contributed by atoms with E-state index in [1.165, 1.54) is 17.0 Å². The van der Waals surface area contributed by atoms with Crippen LogP contribution in [0, 0.1) is 0 Å². The molecule has 0 radical (unpaired) electrons. The van der Waals surface area contributed by atoms with Gasteiger partial charge in [0, 0.05) is 17.8 Å². The minimum Gasteiger partial charge on any atom is -0.508 e. The molecule has 0 saturated heterocycles. The van der Waals surface area contributed by atoms with Crippen molar-refractivity contribution in [1.29, 1.82) is 0 Å². The van der Waals surface area contributed by atoms with E-state index in [0.29, 0.717) is 22.1 Å². The number of carbonyl (C=O) groups excluding carboxylic acids is 2. The van der Waals surface area contributed by atoms with Gasteiger partial charge in [-0.1, -0.05) is 11.6 Å². The Bertz CT molecular complexity index is 792. The number of likely N-dealkylation sites (N-methyl/N-ethyl adjacent to an activating group) is 1. The predicted molar refractivity (Wildman–Crippen MR) is 90.8 cm³/mol. The molecule has 1 aliphatic heterocycles. The third-order valence-electron chi connectivity index (χ3n) is 3.74. The molecule has 0 fully saturated rings. The van der Waals surface area contributed by atoms with Crippen LogP contribution in [-0.2, 0) is 9.59 Å². The van der Waals surface area contributed by atoms with Crippen molar-refractivity contribution in [3.63, 3.8) is 0 Å². The van der Waals surface area contributed by atoms with Crippen molar-refractivity contribution in [3.8, 4) is 11.5 Å². The molecule has 1 aliphatic rings. The molecule has 0 aromatic heterocycles. The zero-order valence-electron chi connectivity index (χ0n) is 12.9. The van der Waals surface area contributed by atoms with Gasteiger partial charge >= 0.3 is 5.97 Å². The van der Waals surface area contributed by atoms with Crippen molar-refractivity contribution in [1.82, 2.24) is 0 Å². The Labute approximate surface area is 143 Å². The van der Waals surface area contributed by atoms with E-state index in [0.717, 1.165) is 0 Å². The Morgan fingerprint density at radius 1 is 1.29 bits per heavy atom. The molecule has 1 amide bonds. The summed E-state index contributed by atoms with van der Waals surface area (Å²) < 4.78 is 5.16. The second-order valence-corrected chi connectivity index (χ2v) is 5.85. The highest BCUT2D eigenvalue weighted by Crippen LogP contribution is 2.34. The molecule has 3 rings (SSSR count). The average Bonchev–Trinajstić information content (AvgIpc) is 2.55. The highest BCUT2D eigenvalue weighted by atomic mass is 35.5. The molecule has 1 N–H and O–H groups in total. The first-order chi connectivity index (χ1) is 11.4. The van der Waals surface area contributed by atoms with Gasteiger partial charge < -0.3 is 19.6 Å². The number of anilines is 2. The van der Waals surface area contributed by atoms with Crippen LogP contribution in [0.25, 0.3) is 0 Å². The van der Waals surface area contributed by atoms with E-state index in [2.05, 4.69) is 0 Å². The maximum atomic E-state index is 12.5. The summed E-state index contributed by atoms with van der Waals surface area (Å²) in [6, 6.07) is 11.2. The fraction of sp³-hybridized carbons (Fsp3) is 0.176. The molecular weight excluding hydrogens is 332 g/mol. The summed E-state index contributed by atoms with van der Waals surface area (Å²) in [5.74, 6) is -0.121. The van der Waals surface area contributed by atoms with Crippen LogP contribution in [0.3, 0.4) is 0 Å². The normalized spacial score (nSPS) is 13.2. The first-order valence-corrected chi connectivity index (χ1v) is 7.62. The molecular formula is C17H15ClN2O4. The minimum atomic E-state index is -0.426. The zero-order chi connectivity index (χ0) is 17.3. The van der Waals surface area contributed by atoms with Gasteiger partial charge in [0.05, 0.1) is 12.2 Å². The average molecular weight is 347 g/mol. The molecule has 1 heterocycles. The standard InChI is InChI=1S/C17H15ClN2O4/c1-19(12-3-5-13(21)6-4-12)16(22)9-20-10-17(23)24-15-7-2-11(18)8-14(15)20/h2-8,21H,9-10H2,1H3. The number of esters is 1. The van der Waals surface area contributed by atoms with Gasteiger partial charge in [0.15, 0.2) is 5.75 Å². The molecule has 2 aromatic rings. The number of rotatable bonds is 3. The van der Waals surface area contributed by atoms with Crippen LogP contribution < -0.4 is 14.5 Å². The smallest absolute Gasteiger partial charge is 0.331 e. The maximum Gasteiger partial charge on any atom is 0.331 e. The molecule has 0 bridgehead atoms. The van der Waals surface area contributed by atoms with Crippen LogP contribution in [-0.4, -0.2) is 37.1 Å². The van der Waals surface area contributed by atoms with Crippen LogP contribution in [0.1, 0.15) is 0 Å². The molecule has 2 aromatic carbocycles. The van der Waals surface area contributed by atoms with Crippen molar-refractivity contribution in [2.75, 3.05) is 29.9 Å². The van der Waals surface area contributed by atoms with Crippen molar-refractivity contribution in [3.05, 3.63) is 47.5 Å². The second kappa shape index (κ2) is 6.41. The molecule has 124 valence electrons. The number of amides is 1. The zero-order valence-corrected chi connectivity index (χ0v) is 13.7. The largest absolute Gasteiger partial charge is 0.508 e. The van der Waals surface area contributed by atoms with Crippen LogP contribution in [0.4, 0.5) is 11.4 Å². The number of carbonyl (C=O) groups is 2. The van der Waals surface area contributed by atoms with Crippen molar-refractivity contribution in [2.45, 2.75) is 0 Å². The van der Waals surface area contributed by atoms with E-state index in [-0.39, 0.29) is 24.7 Å². The van der Waals surface area contributed by atoms with Gasteiger partial charge in [0.1, 0.15) is 12.3 Å². The maximum absolute atomic E-state index is 12.5. The topological polar surface area (TPSA) is 70.1 Å². The molecule has 0 unspecified atom stereocenters. The molecule has 0 spiro atoms. The lowest BCUT2D eigenvalue weighted by Crippen LogP contribution is -2.44. The summed E-state index contributed by atoms with van der Waals surface area (Å²) in [6.45, 7) is -0.0255. The Kier molecular flexibility index (Phi) is 4.31. The van der Waals surface area contributed by atoms with Crippen molar-refractivity contribution < 1.29 is 19.4 Å². The van der Waals surface area contributed by atoms with Gasteiger partial charge in [-0.15, -0.1) is 0 Å². The van der Waals surface area contributed by atoms with Gasteiger partial charge in [-0.25, -0.2) is 4.79 Å². The number of hydrogen-bond donors (Lipinski definition) is 1. The molecule has 0 saturated carbocycles. The molecule has 0 atom stereocenters. The number of phenolic OH excluding ortho intramolecular Hbond substituents is 1. The van der Waals surface area contributed by atoms with Gasteiger partial charge in [0.2, 0.25) is 5.91 Å². The number of aromatic hydroxyl groups is 1. The highest BCUT2D eigenvalue weighted by Gasteiger charge is 2.27. The van der Waals surface area contributed by atoms with E-state index in [1.807, 2.05) is 0 Å². The summed E-state index contributed by atoms with van der Waals surface area (Å²) in [6.07, 6.45) is 0. The second-order valence-electron chi connectivity index (χ2n) is 5.41. The van der Waals surface area contributed by atoms with Crippen LogP contribution in [0.15, 0.2) is 42.5 Å². The van der Waals surface area contributed by atoms with E-state index < -0.39 is 5.97 Å². The fourth-order valence-corrected chi connectivity index (χ4v) is 2.62. The fourth-order valence-electron chi connectivity index (χ4n) is 2.45. The quantitative estimate of drug-likeness (QED) is 0.682. The Balaban J connectivity index is 1.80. The summed E-state index contributed by atoms with van der Waals surface area (Å²) >= 11 is 6.00. The number of hydrogen-bond acceptors (Lipinski definition) is 5. The molecule has 7 heteroatoms. The lowest BCUT2D eigenvalue weighted by molar-refractivity contribution is -0.133. The van der Waals surface area contributed by atoms with Gasteiger partial charge in [-0.05, 0) is 42.5 Å². The van der Waals surface area contributed by atoms with Crippen LogP contribution >= 0.6 is 11.6 Å². The Morgan fingerprint density at radius 2 is 2.00 bits per heavy atom. The van der Waals surface area contributed by atoms with E-state index in [9.17, 15) is 14.7 Å². The Morgan fingerprint density at radius 3 is 2.71 bits per heavy atom. The molecule has 24 heavy (non-hydrogen) atoms. The highest BCUT2D eigenvalue weighted by molar-refractivity contribution is 6.31. The molecule has 6 nitrogen and oxygen atoms in total. The number of nitrogens with zero attached hydrogens (tertiary/aromatic N) is 2. The van der Waals surface area contributed by atoms with E-state index in [4.69, 9.17) is 16.3 Å². The predicted octanol–water partition coefficient (Wildman–Crippen LogP) is 2.43. The minimum absolute atomic E-state index is 0.000180. The van der Waals surface area contributed by atoms with Crippen LogP contribution in [0.2, 0.25) is 5.02 Å². The van der Waals surface area contributed by atoms with Gasteiger partial charge in [-0.3, -0.25) is 4.79 Å². The number of fused-ring (bicyclic) bond motifs is 1. The first-order valence-electron chi connectivity index (χ1n) is 7.25. The van der Waals surface area contributed by atoms with E-state index in [1.54, 1.807) is 42.3 Å². The van der Waals surface area contributed by atoms with E-state index >= 15 is 0 Å². The van der Waals surface area contributed by atoms with Crippen molar-refractivity contribution >= 4 is 34.9 Å². The van der Waals surface area contributed by atoms with Gasteiger partial charge in [-0.2, -0.15) is 0 Å². The third-order valence-corrected chi connectivity index (χ3v) is 3.98. The summed E-state index contributed by atoms with van der Waals surface area (Å²) in [5.41, 5.74) is 1.25. The lowest BCUT2D eigenvalue weighted by atomic mass is 10.2. The number of halogens is 1. The SMILES string of the molecule is CN(C(=O)CN1CC(=O)Oc2ccc(Cl)cc21)c1ccc(O)cc1. The monoisotopic (exact) mass is 346 g/mol. The van der Waals surface area contributed by atoms with Gasteiger partial charge in [0.25, 0.3) is 0 Å². The molecule has 0 aliphatic carbocycles. The third kappa shape index (κ3) is 3.28. The summed E-state index contributed by atoms with van der Waals surface area (Å²) in [5, 5.41) is 9.82. The Hall–Kier alpha value is -2.73. The summed E-state index contributed by atoms with van der Waals surface area (Å²) in [4.78, 5) is 27.4. The number of phenols is 1. The number of benzene rings is 2.